The second-order valence-electron chi connectivity index (χ2n) is 7.76. The number of rotatable bonds is 3. The molecule has 2 fully saturated rings. The molecule has 0 aliphatic heterocycles. The molecule has 2 aromatic rings. The first-order valence-corrected chi connectivity index (χ1v) is 8.17. The molecule has 3 unspecified atom stereocenters. The van der Waals surface area contributed by atoms with E-state index in [2.05, 4.69) is 48.3 Å². The normalized spacial score (nSPS) is 33.9. The van der Waals surface area contributed by atoms with Gasteiger partial charge in [0, 0.05) is 30.4 Å². The number of aromatic nitrogens is 2. The van der Waals surface area contributed by atoms with E-state index in [1.54, 1.807) is 0 Å². The van der Waals surface area contributed by atoms with Gasteiger partial charge in [-0.05, 0) is 53.7 Å². The van der Waals surface area contributed by atoms with Gasteiger partial charge >= 0.3 is 0 Å². The van der Waals surface area contributed by atoms with Crippen LogP contribution in [0.4, 0.5) is 0 Å². The van der Waals surface area contributed by atoms with E-state index in [9.17, 15) is 0 Å². The minimum absolute atomic E-state index is 0.446. The summed E-state index contributed by atoms with van der Waals surface area (Å²) in [7, 11) is 0. The molecule has 2 bridgehead atoms. The summed E-state index contributed by atoms with van der Waals surface area (Å²) in [4.78, 5) is 7.65. The Morgan fingerprint density at radius 2 is 2.24 bits per heavy atom. The average molecular weight is 283 g/mol. The van der Waals surface area contributed by atoms with E-state index < -0.39 is 0 Å². The molecule has 2 heterocycles. The lowest BCUT2D eigenvalue weighted by atomic mass is 9.69. The topological polar surface area (TPSA) is 40.7 Å². The molecule has 0 amide bonds. The van der Waals surface area contributed by atoms with Crippen molar-refractivity contribution in [1.82, 2.24) is 15.3 Å². The van der Waals surface area contributed by atoms with Crippen LogP contribution in [0.3, 0.4) is 0 Å². The van der Waals surface area contributed by atoms with Crippen LogP contribution in [0.2, 0.25) is 0 Å². The number of pyridine rings is 1. The van der Waals surface area contributed by atoms with Crippen LogP contribution in [0.25, 0.3) is 11.0 Å². The highest BCUT2D eigenvalue weighted by Gasteiger charge is 2.60. The van der Waals surface area contributed by atoms with Gasteiger partial charge in [0.1, 0.15) is 5.65 Å². The molecule has 4 rings (SSSR count). The first-order valence-electron chi connectivity index (χ1n) is 8.17. The van der Waals surface area contributed by atoms with Crippen molar-refractivity contribution in [2.75, 3.05) is 0 Å². The number of H-pyrrole nitrogens is 1. The van der Waals surface area contributed by atoms with Gasteiger partial charge < -0.3 is 10.3 Å². The van der Waals surface area contributed by atoms with Crippen LogP contribution < -0.4 is 5.32 Å². The number of fused-ring (bicyclic) bond motifs is 3. The smallest absolute Gasteiger partial charge is 0.137 e. The minimum atomic E-state index is 0.446. The largest absolute Gasteiger partial charge is 0.346 e. The van der Waals surface area contributed by atoms with Crippen LogP contribution in [0.5, 0.6) is 0 Å². The van der Waals surface area contributed by atoms with Crippen molar-refractivity contribution in [2.24, 2.45) is 16.7 Å². The lowest BCUT2D eigenvalue weighted by molar-refractivity contribution is 0.120. The summed E-state index contributed by atoms with van der Waals surface area (Å²) in [5.41, 5.74) is 3.25. The van der Waals surface area contributed by atoms with E-state index in [4.69, 9.17) is 0 Å². The van der Waals surface area contributed by atoms with Crippen molar-refractivity contribution in [1.29, 1.82) is 0 Å². The summed E-state index contributed by atoms with van der Waals surface area (Å²) < 4.78 is 0. The Morgan fingerprint density at radius 3 is 2.95 bits per heavy atom. The highest BCUT2D eigenvalue weighted by molar-refractivity contribution is 5.79. The maximum absolute atomic E-state index is 4.37. The van der Waals surface area contributed by atoms with E-state index in [0.29, 0.717) is 16.9 Å². The molecule has 3 heteroatoms. The van der Waals surface area contributed by atoms with E-state index in [-0.39, 0.29) is 0 Å². The molecule has 2 aromatic heterocycles. The Balaban J connectivity index is 1.53. The summed E-state index contributed by atoms with van der Waals surface area (Å²) >= 11 is 0. The standard InChI is InChI=1S/C18H25N3/c1-17(2)13-6-7-18(17,3)15(9-13)20-10-12-11-21-16-14(12)5-4-8-19-16/h4-5,8,11,13,15,20H,6-7,9-10H2,1-3H3,(H,19,21). The van der Waals surface area contributed by atoms with Crippen LogP contribution in [0.1, 0.15) is 45.6 Å². The van der Waals surface area contributed by atoms with Crippen LogP contribution in [0, 0.1) is 16.7 Å². The lowest BCUT2D eigenvalue weighted by Crippen LogP contribution is -2.44. The van der Waals surface area contributed by atoms with Gasteiger partial charge in [0.15, 0.2) is 0 Å². The first kappa shape index (κ1) is 13.3. The van der Waals surface area contributed by atoms with E-state index in [1.807, 2.05) is 12.3 Å². The van der Waals surface area contributed by atoms with Gasteiger partial charge in [-0.3, -0.25) is 0 Å². The van der Waals surface area contributed by atoms with Gasteiger partial charge in [0.2, 0.25) is 0 Å². The van der Waals surface area contributed by atoms with Crippen molar-refractivity contribution in [3.63, 3.8) is 0 Å². The van der Waals surface area contributed by atoms with Gasteiger partial charge in [0.05, 0.1) is 0 Å². The van der Waals surface area contributed by atoms with E-state index in [0.717, 1.165) is 18.1 Å². The molecule has 3 nitrogen and oxygen atoms in total. The van der Waals surface area contributed by atoms with Gasteiger partial charge in [-0.25, -0.2) is 4.98 Å². The zero-order valence-electron chi connectivity index (χ0n) is 13.2. The molecule has 0 aromatic carbocycles. The van der Waals surface area contributed by atoms with Gasteiger partial charge in [-0.1, -0.05) is 20.8 Å². The number of aromatic amines is 1. The predicted molar refractivity (Wildman–Crippen MR) is 86.0 cm³/mol. The van der Waals surface area contributed by atoms with Crippen molar-refractivity contribution >= 4 is 11.0 Å². The second kappa shape index (κ2) is 4.33. The van der Waals surface area contributed by atoms with Gasteiger partial charge in [0.25, 0.3) is 0 Å². The lowest BCUT2D eigenvalue weighted by Gasteiger charge is -2.39. The van der Waals surface area contributed by atoms with Crippen molar-refractivity contribution in [3.8, 4) is 0 Å². The molecule has 0 spiro atoms. The predicted octanol–water partition coefficient (Wildman–Crippen LogP) is 3.87. The van der Waals surface area contributed by atoms with Crippen molar-refractivity contribution in [2.45, 2.75) is 52.6 Å². The summed E-state index contributed by atoms with van der Waals surface area (Å²) in [6.45, 7) is 8.38. The number of nitrogens with zero attached hydrogens (tertiary/aromatic N) is 1. The summed E-state index contributed by atoms with van der Waals surface area (Å²) in [5, 5.41) is 5.10. The maximum Gasteiger partial charge on any atom is 0.137 e. The van der Waals surface area contributed by atoms with Crippen LogP contribution in [0.15, 0.2) is 24.5 Å². The summed E-state index contributed by atoms with van der Waals surface area (Å²) in [6, 6.07) is 4.82. The highest BCUT2D eigenvalue weighted by atomic mass is 15.0. The Morgan fingerprint density at radius 1 is 1.38 bits per heavy atom. The third-order valence-corrected chi connectivity index (χ3v) is 6.87. The molecule has 3 atom stereocenters. The fourth-order valence-corrected chi connectivity index (χ4v) is 4.90. The van der Waals surface area contributed by atoms with Crippen molar-refractivity contribution in [3.05, 3.63) is 30.1 Å². The fourth-order valence-electron chi connectivity index (χ4n) is 4.90. The molecule has 2 N–H and O–H groups in total. The maximum atomic E-state index is 4.37. The minimum Gasteiger partial charge on any atom is -0.346 e. The molecule has 0 saturated heterocycles. The third kappa shape index (κ3) is 1.73. The van der Waals surface area contributed by atoms with Gasteiger partial charge in [-0.2, -0.15) is 0 Å². The van der Waals surface area contributed by atoms with Crippen LogP contribution in [-0.4, -0.2) is 16.0 Å². The van der Waals surface area contributed by atoms with Crippen LogP contribution in [-0.2, 0) is 6.54 Å². The molecular weight excluding hydrogens is 258 g/mol. The number of hydrogen-bond acceptors (Lipinski definition) is 2. The Labute approximate surface area is 126 Å². The number of nitrogens with one attached hydrogen (secondary N) is 2. The molecular formula is C18H25N3. The first-order chi connectivity index (χ1) is 10.0. The van der Waals surface area contributed by atoms with Gasteiger partial charge in [-0.15, -0.1) is 0 Å². The highest BCUT2D eigenvalue weighted by Crippen LogP contribution is 2.65. The second-order valence-corrected chi connectivity index (χ2v) is 7.76. The zero-order chi connectivity index (χ0) is 14.7. The molecule has 21 heavy (non-hydrogen) atoms. The Kier molecular flexibility index (Phi) is 2.74. The Hall–Kier alpha value is -1.35. The summed E-state index contributed by atoms with van der Waals surface area (Å²) in [5.74, 6) is 0.893. The average Bonchev–Trinajstić information content (AvgIpc) is 3.03. The zero-order valence-corrected chi connectivity index (χ0v) is 13.2. The monoisotopic (exact) mass is 283 g/mol. The quantitative estimate of drug-likeness (QED) is 0.898. The van der Waals surface area contributed by atoms with E-state index >= 15 is 0 Å². The molecule has 2 aliphatic rings. The fraction of sp³-hybridized carbons (Fsp3) is 0.611. The van der Waals surface area contributed by atoms with E-state index in [1.165, 1.54) is 30.2 Å². The third-order valence-electron chi connectivity index (χ3n) is 6.87. The molecule has 0 radical (unpaired) electrons. The molecule has 112 valence electrons. The molecule has 2 saturated carbocycles. The summed E-state index contributed by atoms with van der Waals surface area (Å²) in [6.07, 6.45) is 8.07. The van der Waals surface area contributed by atoms with Crippen LogP contribution >= 0.6 is 0 Å². The Bertz CT molecular complexity index is 672. The SMILES string of the molecule is CC1(C)C2CCC1(C)C(NCc1c[nH]c3ncccc13)C2. The van der Waals surface area contributed by atoms with Crippen molar-refractivity contribution < 1.29 is 0 Å². The molecule has 2 aliphatic carbocycles. The number of hydrogen-bond donors (Lipinski definition) is 2.